The molecule has 0 radical (unpaired) electrons. The van der Waals surface area contributed by atoms with Crippen LogP contribution in [0, 0.1) is 17.2 Å². The van der Waals surface area contributed by atoms with Gasteiger partial charge in [-0.1, -0.05) is 26.0 Å². The molecular weight excluding hydrogens is 254 g/mol. The van der Waals surface area contributed by atoms with E-state index >= 15 is 0 Å². The molecule has 1 aromatic rings. The molecule has 0 aliphatic rings. The third-order valence-electron chi connectivity index (χ3n) is 2.53. The number of hydrogen-bond acceptors (Lipinski definition) is 3. The zero-order valence-electron chi connectivity index (χ0n) is 11.8. The summed E-state index contributed by atoms with van der Waals surface area (Å²) in [7, 11) is 0. The lowest BCUT2D eigenvalue weighted by molar-refractivity contribution is -0.122. The number of hydrogen-bond donors (Lipinski definition) is 2. The number of nitrogens with zero attached hydrogens (tertiary/aromatic N) is 1. The molecule has 0 heterocycles. The third-order valence-corrected chi connectivity index (χ3v) is 2.53. The Labute approximate surface area is 119 Å². The number of rotatable bonds is 6. The SMILES string of the molecule is CC(C)CC(=O)NCc1cccc(NC(=O)CC#N)c1. The van der Waals surface area contributed by atoms with E-state index in [0.717, 1.165) is 5.56 Å². The van der Waals surface area contributed by atoms with E-state index < -0.39 is 0 Å². The van der Waals surface area contributed by atoms with E-state index in [-0.39, 0.29) is 18.2 Å². The molecule has 0 atom stereocenters. The molecule has 1 aromatic carbocycles. The molecule has 0 unspecified atom stereocenters. The lowest BCUT2D eigenvalue weighted by atomic mass is 10.1. The predicted octanol–water partition coefficient (Wildman–Crippen LogP) is 2.20. The van der Waals surface area contributed by atoms with Gasteiger partial charge >= 0.3 is 0 Å². The summed E-state index contributed by atoms with van der Waals surface area (Å²) in [5.74, 6) is -0.000910. The summed E-state index contributed by atoms with van der Waals surface area (Å²) in [4.78, 5) is 22.9. The van der Waals surface area contributed by atoms with Crippen molar-refractivity contribution in [2.24, 2.45) is 5.92 Å². The molecular formula is C15H19N3O2. The first-order valence-electron chi connectivity index (χ1n) is 6.53. The molecule has 0 aromatic heterocycles. The van der Waals surface area contributed by atoms with E-state index in [1.807, 2.05) is 19.9 Å². The van der Waals surface area contributed by atoms with Crippen molar-refractivity contribution in [3.8, 4) is 6.07 Å². The van der Waals surface area contributed by atoms with Crippen LogP contribution in [-0.4, -0.2) is 11.8 Å². The fraction of sp³-hybridized carbons (Fsp3) is 0.400. The highest BCUT2D eigenvalue weighted by atomic mass is 16.2. The van der Waals surface area contributed by atoms with E-state index in [4.69, 9.17) is 5.26 Å². The van der Waals surface area contributed by atoms with Crippen LogP contribution in [0.1, 0.15) is 32.3 Å². The molecule has 106 valence electrons. The minimum atomic E-state index is -0.339. The van der Waals surface area contributed by atoms with E-state index in [9.17, 15) is 9.59 Å². The van der Waals surface area contributed by atoms with E-state index in [1.54, 1.807) is 24.3 Å². The summed E-state index contributed by atoms with van der Waals surface area (Å²) >= 11 is 0. The number of amides is 2. The number of carbonyl (C=O) groups excluding carboxylic acids is 2. The minimum Gasteiger partial charge on any atom is -0.352 e. The second-order valence-electron chi connectivity index (χ2n) is 4.96. The average molecular weight is 273 g/mol. The average Bonchev–Trinajstić information content (AvgIpc) is 2.36. The summed E-state index contributed by atoms with van der Waals surface area (Å²) in [5, 5.41) is 13.9. The van der Waals surface area contributed by atoms with Crippen LogP contribution in [0.25, 0.3) is 0 Å². The van der Waals surface area contributed by atoms with Crippen molar-refractivity contribution in [1.82, 2.24) is 5.32 Å². The normalized spacial score (nSPS) is 9.90. The molecule has 0 saturated carbocycles. The Hall–Kier alpha value is -2.35. The van der Waals surface area contributed by atoms with Gasteiger partial charge in [-0.3, -0.25) is 9.59 Å². The monoisotopic (exact) mass is 273 g/mol. The zero-order valence-corrected chi connectivity index (χ0v) is 11.8. The lowest BCUT2D eigenvalue weighted by Gasteiger charge is -2.09. The number of nitriles is 1. The summed E-state index contributed by atoms with van der Waals surface area (Å²) in [6.45, 7) is 4.41. The van der Waals surface area contributed by atoms with E-state index in [2.05, 4.69) is 10.6 Å². The second kappa shape index (κ2) is 7.95. The van der Waals surface area contributed by atoms with Crippen molar-refractivity contribution in [2.75, 3.05) is 5.32 Å². The smallest absolute Gasteiger partial charge is 0.238 e. The van der Waals surface area contributed by atoms with Gasteiger partial charge in [0.2, 0.25) is 11.8 Å². The molecule has 1 rings (SSSR count). The maximum absolute atomic E-state index is 11.6. The Balaban J connectivity index is 2.54. The fourth-order valence-corrected chi connectivity index (χ4v) is 1.68. The van der Waals surface area contributed by atoms with Crippen LogP contribution in [0.5, 0.6) is 0 Å². The van der Waals surface area contributed by atoms with Crippen LogP contribution < -0.4 is 10.6 Å². The van der Waals surface area contributed by atoms with Gasteiger partial charge in [-0.2, -0.15) is 5.26 Å². The van der Waals surface area contributed by atoms with Crippen LogP contribution in [-0.2, 0) is 16.1 Å². The van der Waals surface area contributed by atoms with Crippen molar-refractivity contribution in [3.63, 3.8) is 0 Å². The van der Waals surface area contributed by atoms with Gasteiger partial charge in [-0.15, -0.1) is 0 Å². The number of nitrogens with one attached hydrogen (secondary N) is 2. The summed E-state index contributed by atoms with van der Waals surface area (Å²) in [6, 6.07) is 8.99. The van der Waals surface area contributed by atoms with E-state index in [0.29, 0.717) is 24.6 Å². The first kappa shape index (κ1) is 15.7. The molecule has 20 heavy (non-hydrogen) atoms. The van der Waals surface area contributed by atoms with Gasteiger partial charge < -0.3 is 10.6 Å². The maximum Gasteiger partial charge on any atom is 0.238 e. The molecule has 0 fully saturated rings. The van der Waals surface area contributed by atoms with Crippen molar-refractivity contribution in [1.29, 1.82) is 5.26 Å². The number of benzene rings is 1. The molecule has 2 N–H and O–H groups in total. The Kier molecular flexibility index (Phi) is 6.24. The van der Waals surface area contributed by atoms with E-state index in [1.165, 1.54) is 0 Å². The molecule has 0 spiro atoms. The number of anilines is 1. The number of carbonyl (C=O) groups is 2. The molecule has 0 saturated heterocycles. The third kappa shape index (κ3) is 6.01. The molecule has 0 bridgehead atoms. The zero-order chi connectivity index (χ0) is 15.0. The van der Waals surface area contributed by atoms with Crippen molar-refractivity contribution >= 4 is 17.5 Å². The first-order valence-corrected chi connectivity index (χ1v) is 6.53. The van der Waals surface area contributed by atoms with Gasteiger partial charge in [0.25, 0.3) is 0 Å². The van der Waals surface area contributed by atoms with Crippen LogP contribution >= 0.6 is 0 Å². The maximum atomic E-state index is 11.6. The van der Waals surface area contributed by atoms with Crippen LogP contribution in [0.3, 0.4) is 0 Å². The van der Waals surface area contributed by atoms with Crippen molar-refractivity contribution in [3.05, 3.63) is 29.8 Å². The highest BCUT2D eigenvalue weighted by molar-refractivity contribution is 5.92. The standard InChI is InChI=1S/C15H19N3O2/c1-11(2)8-15(20)17-10-12-4-3-5-13(9-12)18-14(19)6-7-16/h3-5,9,11H,6,8,10H2,1-2H3,(H,17,20)(H,18,19). The Bertz CT molecular complexity index is 518. The van der Waals surface area contributed by atoms with Crippen LogP contribution in [0.15, 0.2) is 24.3 Å². The summed E-state index contributed by atoms with van der Waals surface area (Å²) < 4.78 is 0. The van der Waals surface area contributed by atoms with Gasteiger partial charge in [-0.25, -0.2) is 0 Å². The van der Waals surface area contributed by atoms with Gasteiger partial charge in [0, 0.05) is 18.7 Å². The van der Waals surface area contributed by atoms with Gasteiger partial charge in [-0.05, 0) is 23.6 Å². The topological polar surface area (TPSA) is 82.0 Å². The highest BCUT2D eigenvalue weighted by Gasteiger charge is 2.05. The Morgan fingerprint density at radius 2 is 2.05 bits per heavy atom. The van der Waals surface area contributed by atoms with Crippen LogP contribution in [0.2, 0.25) is 0 Å². The quantitative estimate of drug-likeness (QED) is 0.833. The molecule has 2 amide bonds. The van der Waals surface area contributed by atoms with Gasteiger partial charge in [0.1, 0.15) is 6.42 Å². The van der Waals surface area contributed by atoms with Gasteiger partial charge in [0.15, 0.2) is 0 Å². The minimum absolute atomic E-state index is 0.0129. The molecule has 0 aliphatic carbocycles. The molecule has 5 heteroatoms. The molecule has 5 nitrogen and oxygen atoms in total. The predicted molar refractivity (Wildman–Crippen MR) is 76.6 cm³/mol. The largest absolute Gasteiger partial charge is 0.352 e. The Morgan fingerprint density at radius 3 is 2.70 bits per heavy atom. The van der Waals surface area contributed by atoms with Gasteiger partial charge in [0.05, 0.1) is 6.07 Å². The first-order chi connectivity index (χ1) is 9.51. The Morgan fingerprint density at radius 1 is 1.30 bits per heavy atom. The highest BCUT2D eigenvalue weighted by Crippen LogP contribution is 2.11. The van der Waals surface area contributed by atoms with Crippen molar-refractivity contribution in [2.45, 2.75) is 33.2 Å². The summed E-state index contributed by atoms with van der Waals surface area (Å²) in [5.41, 5.74) is 1.53. The second-order valence-corrected chi connectivity index (χ2v) is 4.96. The summed E-state index contributed by atoms with van der Waals surface area (Å²) in [6.07, 6.45) is 0.327. The lowest BCUT2D eigenvalue weighted by Crippen LogP contribution is -2.24. The van der Waals surface area contributed by atoms with Crippen molar-refractivity contribution < 1.29 is 9.59 Å². The fourth-order valence-electron chi connectivity index (χ4n) is 1.68. The molecule has 0 aliphatic heterocycles. The van der Waals surface area contributed by atoms with Crippen LogP contribution in [0.4, 0.5) is 5.69 Å².